The van der Waals surface area contributed by atoms with E-state index in [9.17, 15) is 13.6 Å². The highest BCUT2D eigenvalue weighted by Crippen LogP contribution is 2.42. The van der Waals surface area contributed by atoms with Crippen molar-refractivity contribution in [2.24, 2.45) is 23.5 Å². The van der Waals surface area contributed by atoms with E-state index in [0.717, 1.165) is 31.2 Å². The number of nitrogens with one attached hydrogen (secondary N) is 1. The molecule has 3 N–H and O–H groups in total. The number of anilines is 1. The summed E-state index contributed by atoms with van der Waals surface area (Å²) < 4.78 is 29.8. The Morgan fingerprint density at radius 3 is 2.58 bits per heavy atom. The van der Waals surface area contributed by atoms with Gasteiger partial charge in [-0.2, -0.15) is 0 Å². The van der Waals surface area contributed by atoms with Gasteiger partial charge in [-0.3, -0.25) is 4.79 Å². The highest BCUT2D eigenvalue weighted by molar-refractivity contribution is 5.92. The van der Waals surface area contributed by atoms with Crippen molar-refractivity contribution in [3.05, 3.63) is 23.8 Å². The summed E-state index contributed by atoms with van der Waals surface area (Å²) in [6, 6.07) is 5.39. The molecule has 26 heavy (non-hydrogen) atoms. The molecular formula is C19H27ClF2N2O2. The van der Waals surface area contributed by atoms with Crippen LogP contribution in [0.25, 0.3) is 0 Å². The number of fused-ring (bicyclic) bond motifs is 2. The number of nitrogens with two attached hydrogens (primary N) is 1. The molecule has 1 aromatic rings. The normalized spacial score (nSPS) is 27.6. The third kappa shape index (κ3) is 4.86. The third-order valence-corrected chi connectivity index (χ3v) is 5.60. The average Bonchev–Trinajstić information content (AvgIpc) is 2.55. The Morgan fingerprint density at radius 1 is 1.31 bits per heavy atom. The van der Waals surface area contributed by atoms with Gasteiger partial charge in [0, 0.05) is 23.7 Å². The molecule has 2 saturated carbocycles. The number of carbonyl (C=O) groups is 1. The number of halogens is 3. The molecule has 2 atom stereocenters. The molecule has 7 heteroatoms. The van der Waals surface area contributed by atoms with Gasteiger partial charge in [-0.25, -0.2) is 8.78 Å². The number of carbonyl (C=O) groups excluding carboxylic acids is 1. The molecule has 3 rings (SSSR count). The summed E-state index contributed by atoms with van der Waals surface area (Å²) in [6.07, 6.45) is 2.58. The summed E-state index contributed by atoms with van der Waals surface area (Å²) >= 11 is 0. The van der Waals surface area contributed by atoms with Crippen LogP contribution in [-0.4, -0.2) is 25.0 Å². The quantitative estimate of drug-likeness (QED) is 0.796. The van der Waals surface area contributed by atoms with Crippen LogP contribution >= 0.6 is 12.4 Å². The monoisotopic (exact) mass is 388 g/mol. The van der Waals surface area contributed by atoms with Gasteiger partial charge in [0.05, 0.1) is 0 Å². The standard InChI is InChI=1S/C19H26F2N2O2.ClH/c1-11-5-6-15(9-16(11)25-10-17(20)21)23-19(24)14-7-12-3-2-4-13(8-14)18(12)22;/h5-6,9,12-14,17-18H,2-4,7-8,10,22H2,1H3,(H,23,24);1H. The summed E-state index contributed by atoms with van der Waals surface area (Å²) in [7, 11) is 0. The van der Waals surface area contributed by atoms with Crippen LogP contribution in [0.3, 0.4) is 0 Å². The minimum atomic E-state index is -2.52. The van der Waals surface area contributed by atoms with Crippen LogP contribution in [0.2, 0.25) is 0 Å². The van der Waals surface area contributed by atoms with E-state index < -0.39 is 13.0 Å². The van der Waals surface area contributed by atoms with Crippen LogP contribution in [0.1, 0.15) is 37.7 Å². The second-order valence-electron chi connectivity index (χ2n) is 7.37. The SMILES string of the molecule is Cc1ccc(NC(=O)C2CC3CCCC(C2)C3N)cc1OCC(F)F.Cl. The highest BCUT2D eigenvalue weighted by Gasteiger charge is 2.40. The lowest BCUT2D eigenvalue weighted by molar-refractivity contribution is -0.122. The first-order valence-electron chi connectivity index (χ1n) is 9.02. The van der Waals surface area contributed by atoms with Gasteiger partial charge in [0.25, 0.3) is 6.43 Å². The van der Waals surface area contributed by atoms with Crippen LogP contribution in [0, 0.1) is 24.7 Å². The van der Waals surface area contributed by atoms with Crippen LogP contribution < -0.4 is 15.8 Å². The van der Waals surface area contributed by atoms with Crippen molar-refractivity contribution in [1.29, 1.82) is 0 Å². The van der Waals surface area contributed by atoms with E-state index in [0.29, 0.717) is 23.3 Å². The Balaban J connectivity index is 0.00000243. The number of aryl methyl sites for hydroxylation is 1. The maximum absolute atomic E-state index is 12.7. The molecule has 0 heterocycles. The smallest absolute Gasteiger partial charge is 0.272 e. The van der Waals surface area contributed by atoms with Crippen molar-refractivity contribution in [1.82, 2.24) is 0 Å². The Labute approximate surface area is 159 Å². The number of rotatable bonds is 5. The first kappa shape index (κ1) is 20.9. The largest absolute Gasteiger partial charge is 0.487 e. The van der Waals surface area contributed by atoms with Crippen molar-refractivity contribution < 1.29 is 18.3 Å². The lowest BCUT2D eigenvalue weighted by Crippen LogP contribution is -2.48. The van der Waals surface area contributed by atoms with E-state index >= 15 is 0 Å². The number of benzene rings is 1. The fraction of sp³-hybridized carbons (Fsp3) is 0.632. The first-order chi connectivity index (χ1) is 11.9. The van der Waals surface area contributed by atoms with Crippen molar-refractivity contribution in [2.45, 2.75) is 51.5 Å². The van der Waals surface area contributed by atoms with E-state index in [1.807, 2.05) is 0 Å². The van der Waals surface area contributed by atoms with Gasteiger partial charge in [-0.15, -0.1) is 12.4 Å². The lowest BCUT2D eigenvalue weighted by Gasteiger charge is -2.43. The van der Waals surface area contributed by atoms with Crippen LogP contribution in [0.4, 0.5) is 14.5 Å². The maximum Gasteiger partial charge on any atom is 0.272 e. The minimum Gasteiger partial charge on any atom is -0.487 e. The van der Waals surface area contributed by atoms with Gasteiger partial charge in [-0.05, 0) is 56.1 Å². The third-order valence-electron chi connectivity index (χ3n) is 5.60. The van der Waals surface area contributed by atoms with Gasteiger partial charge in [0.15, 0.2) is 0 Å². The zero-order valence-corrected chi connectivity index (χ0v) is 15.7. The minimum absolute atomic E-state index is 0. The van der Waals surface area contributed by atoms with Crippen molar-refractivity contribution in [3.63, 3.8) is 0 Å². The zero-order chi connectivity index (χ0) is 18.0. The van der Waals surface area contributed by atoms with E-state index in [2.05, 4.69) is 5.32 Å². The summed E-state index contributed by atoms with van der Waals surface area (Å²) in [5.74, 6) is 1.22. The molecule has 0 aliphatic heterocycles. The van der Waals surface area contributed by atoms with Gasteiger partial charge >= 0.3 is 0 Å². The van der Waals surface area contributed by atoms with Crippen molar-refractivity contribution in [3.8, 4) is 5.75 Å². The number of amides is 1. The molecule has 0 aromatic heterocycles. The van der Waals surface area contributed by atoms with Crippen LogP contribution in [0.5, 0.6) is 5.75 Å². The fourth-order valence-electron chi connectivity index (χ4n) is 4.23. The lowest BCUT2D eigenvalue weighted by atomic mass is 9.65. The van der Waals surface area contributed by atoms with Gasteiger partial charge in [-0.1, -0.05) is 12.5 Å². The summed E-state index contributed by atoms with van der Waals surface area (Å²) in [5, 5.41) is 2.92. The Hall–Kier alpha value is -1.40. The molecule has 0 saturated heterocycles. The molecule has 2 fully saturated rings. The first-order valence-corrected chi connectivity index (χ1v) is 9.02. The predicted octanol–water partition coefficient (Wildman–Crippen LogP) is 4.15. The van der Waals surface area contributed by atoms with Crippen molar-refractivity contribution in [2.75, 3.05) is 11.9 Å². The molecule has 4 nitrogen and oxygen atoms in total. The molecular weight excluding hydrogens is 362 g/mol. The molecule has 2 aliphatic rings. The Morgan fingerprint density at radius 2 is 1.96 bits per heavy atom. The van der Waals surface area contributed by atoms with E-state index in [4.69, 9.17) is 10.5 Å². The molecule has 0 radical (unpaired) electrons. The van der Waals surface area contributed by atoms with E-state index in [-0.39, 0.29) is 30.3 Å². The zero-order valence-electron chi connectivity index (χ0n) is 14.9. The molecule has 0 spiro atoms. The molecule has 2 unspecified atom stereocenters. The van der Waals surface area contributed by atoms with Crippen molar-refractivity contribution >= 4 is 24.0 Å². The van der Waals surface area contributed by atoms with Crippen LogP contribution in [0.15, 0.2) is 18.2 Å². The second-order valence-corrected chi connectivity index (χ2v) is 7.37. The number of ether oxygens (including phenoxy) is 1. The molecule has 2 aliphatic carbocycles. The molecule has 1 amide bonds. The molecule has 2 bridgehead atoms. The molecule has 146 valence electrons. The Kier molecular flexibility index (Phi) is 7.24. The van der Waals surface area contributed by atoms with Gasteiger partial charge < -0.3 is 15.8 Å². The predicted molar refractivity (Wildman–Crippen MR) is 100 cm³/mol. The topological polar surface area (TPSA) is 64.4 Å². The number of hydrogen-bond donors (Lipinski definition) is 2. The molecule has 1 aromatic carbocycles. The summed E-state index contributed by atoms with van der Waals surface area (Å²) in [4.78, 5) is 12.7. The van der Waals surface area contributed by atoms with Gasteiger partial charge in [0.2, 0.25) is 5.91 Å². The van der Waals surface area contributed by atoms with Crippen LogP contribution in [-0.2, 0) is 4.79 Å². The summed E-state index contributed by atoms with van der Waals surface area (Å²) in [6.45, 7) is 1.14. The van der Waals surface area contributed by atoms with Gasteiger partial charge in [0.1, 0.15) is 12.4 Å². The fourth-order valence-corrected chi connectivity index (χ4v) is 4.23. The number of hydrogen-bond acceptors (Lipinski definition) is 3. The summed E-state index contributed by atoms with van der Waals surface area (Å²) in [5.41, 5.74) is 7.63. The maximum atomic E-state index is 12.7. The van der Waals surface area contributed by atoms with E-state index in [1.54, 1.807) is 25.1 Å². The Bertz CT molecular complexity index is 616. The second kappa shape index (κ2) is 9.00. The highest BCUT2D eigenvalue weighted by atomic mass is 35.5. The average molecular weight is 389 g/mol. The van der Waals surface area contributed by atoms with E-state index in [1.165, 1.54) is 6.42 Å². The number of alkyl halides is 2.